The molecule has 16 heavy (non-hydrogen) atoms. The van der Waals surface area contributed by atoms with Gasteiger partial charge in [0.2, 0.25) is 0 Å². The molecule has 1 aromatic rings. The summed E-state index contributed by atoms with van der Waals surface area (Å²) in [6, 6.07) is 1.77. The number of aliphatic hydroxyl groups excluding tert-OH is 1. The maximum Gasteiger partial charge on any atom is 0.270 e. The Morgan fingerprint density at radius 1 is 1.50 bits per heavy atom. The van der Waals surface area contributed by atoms with Crippen LogP contribution in [0.15, 0.2) is 16.7 Å². The fourth-order valence-electron chi connectivity index (χ4n) is 1.44. The Morgan fingerprint density at radius 3 is 2.81 bits per heavy atom. The van der Waals surface area contributed by atoms with Crippen LogP contribution in [0, 0.1) is 0 Å². The van der Waals surface area contributed by atoms with Crippen molar-refractivity contribution in [1.29, 1.82) is 0 Å². The molecule has 0 unspecified atom stereocenters. The van der Waals surface area contributed by atoms with E-state index in [1.165, 1.54) is 0 Å². The zero-order chi connectivity index (χ0) is 12.0. The van der Waals surface area contributed by atoms with Crippen LogP contribution in [0.25, 0.3) is 0 Å². The summed E-state index contributed by atoms with van der Waals surface area (Å²) in [5, 5.41) is 8.63. The lowest BCUT2D eigenvalue weighted by atomic mass is 10.2. The molecular weight excluding hydrogens is 272 g/mol. The Bertz CT molecular complexity index is 338. The van der Waals surface area contributed by atoms with Crippen LogP contribution < -0.4 is 0 Å². The molecule has 0 aliphatic heterocycles. The van der Waals surface area contributed by atoms with Gasteiger partial charge in [0.15, 0.2) is 0 Å². The highest BCUT2D eigenvalue weighted by Crippen LogP contribution is 2.12. The van der Waals surface area contributed by atoms with Crippen molar-refractivity contribution < 1.29 is 9.90 Å². The van der Waals surface area contributed by atoms with E-state index in [0.29, 0.717) is 5.69 Å². The number of carbonyl (C=O) groups excluding carboxylic acids is 1. The number of H-pyrrole nitrogens is 1. The number of hydrogen-bond acceptors (Lipinski definition) is 2. The Balaban J connectivity index is 2.36. The van der Waals surface area contributed by atoms with Gasteiger partial charge < -0.3 is 15.0 Å². The molecule has 90 valence electrons. The summed E-state index contributed by atoms with van der Waals surface area (Å²) in [6.45, 7) is 0.941. The van der Waals surface area contributed by atoms with E-state index < -0.39 is 0 Å². The van der Waals surface area contributed by atoms with Crippen LogP contribution in [0.2, 0.25) is 0 Å². The van der Waals surface area contributed by atoms with Crippen molar-refractivity contribution in [2.45, 2.75) is 19.3 Å². The number of nitrogens with zero attached hydrogens (tertiary/aromatic N) is 1. The van der Waals surface area contributed by atoms with Gasteiger partial charge in [-0.2, -0.15) is 0 Å². The third-order valence-corrected chi connectivity index (χ3v) is 2.83. The normalized spacial score (nSPS) is 10.4. The van der Waals surface area contributed by atoms with E-state index >= 15 is 0 Å². The number of halogens is 1. The summed E-state index contributed by atoms with van der Waals surface area (Å²) >= 11 is 3.29. The van der Waals surface area contributed by atoms with Crippen molar-refractivity contribution in [2.24, 2.45) is 0 Å². The second-order valence-corrected chi connectivity index (χ2v) is 4.66. The molecule has 1 amide bonds. The molecule has 5 heteroatoms. The highest BCUT2D eigenvalue weighted by atomic mass is 79.9. The van der Waals surface area contributed by atoms with Crippen LogP contribution in [-0.2, 0) is 0 Å². The van der Waals surface area contributed by atoms with Crippen LogP contribution in [0.1, 0.15) is 29.8 Å². The Morgan fingerprint density at radius 2 is 2.25 bits per heavy atom. The van der Waals surface area contributed by atoms with Gasteiger partial charge in [-0.1, -0.05) is 0 Å². The molecule has 2 N–H and O–H groups in total. The van der Waals surface area contributed by atoms with Crippen molar-refractivity contribution in [1.82, 2.24) is 9.88 Å². The lowest BCUT2D eigenvalue weighted by Crippen LogP contribution is -2.28. The molecule has 0 spiro atoms. The molecule has 0 aliphatic carbocycles. The maximum atomic E-state index is 11.8. The maximum absolute atomic E-state index is 11.8. The molecule has 4 nitrogen and oxygen atoms in total. The van der Waals surface area contributed by atoms with Crippen LogP contribution >= 0.6 is 15.9 Å². The minimum Gasteiger partial charge on any atom is -0.396 e. The van der Waals surface area contributed by atoms with Gasteiger partial charge in [0.1, 0.15) is 5.69 Å². The molecule has 0 aromatic carbocycles. The first-order valence-electron chi connectivity index (χ1n) is 5.35. The minimum absolute atomic E-state index is 0.00491. The van der Waals surface area contributed by atoms with Crippen molar-refractivity contribution in [2.75, 3.05) is 20.2 Å². The topological polar surface area (TPSA) is 56.3 Å². The van der Waals surface area contributed by atoms with Gasteiger partial charge in [-0.25, -0.2) is 0 Å². The third-order valence-electron chi connectivity index (χ3n) is 2.38. The number of unbranched alkanes of at least 4 members (excludes halogenated alkanes) is 2. The Kier molecular flexibility index (Phi) is 5.55. The van der Waals surface area contributed by atoms with E-state index in [0.717, 1.165) is 30.3 Å². The average molecular weight is 289 g/mol. The molecule has 0 fully saturated rings. The predicted molar refractivity (Wildman–Crippen MR) is 66.4 cm³/mol. The van der Waals surface area contributed by atoms with Gasteiger partial charge in [0.05, 0.1) is 0 Å². The van der Waals surface area contributed by atoms with Crippen molar-refractivity contribution in [3.05, 3.63) is 22.4 Å². The Hall–Kier alpha value is -0.810. The van der Waals surface area contributed by atoms with Gasteiger partial charge in [-0.05, 0) is 41.3 Å². The van der Waals surface area contributed by atoms with E-state index in [4.69, 9.17) is 5.11 Å². The van der Waals surface area contributed by atoms with Gasteiger partial charge in [0.25, 0.3) is 5.91 Å². The molecule has 0 radical (unpaired) electrons. The number of aromatic nitrogens is 1. The number of aromatic amines is 1. The summed E-state index contributed by atoms with van der Waals surface area (Å²) < 4.78 is 0.879. The van der Waals surface area contributed by atoms with Crippen LogP contribution in [0.3, 0.4) is 0 Å². The number of aliphatic hydroxyl groups is 1. The number of amides is 1. The van der Waals surface area contributed by atoms with E-state index in [2.05, 4.69) is 20.9 Å². The summed E-state index contributed by atoms with van der Waals surface area (Å²) in [4.78, 5) is 16.4. The van der Waals surface area contributed by atoms with Gasteiger partial charge >= 0.3 is 0 Å². The molecule has 0 saturated carbocycles. The van der Waals surface area contributed by atoms with E-state index in [1.54, 1.807) is 24.2 Å². The average Bonchev–Trinajstić information content (AvgIpc) is 2.70. The predicted octanol–water partition coefficient (Wildman–Crippen LogP) is 2.01. The monoisotopic (exact) mass is 288 g/mol. The first-order valence-corrected chi connectivity index (χ1v) is 6.14. The minimum atomic E-state index is -0.00491. The van der Waals surface area contributed by atoms with E-state index in [9.17, 15) is 4.79 Å². The number of nitrogens with one attached hydrogen (secondary N) is 1. The molecule has 1 aromatic heterocycles. The van der Waals surface area contributed by atoms with Crippen molar-refractivity contribution in [3.63, 3.8) is 0 Å². The highest BCUT2D eigenvalue weighted by Gasteiger charge is 2.12. The molecule has 0 saturated heterocycles. The van der Waals surface area contributed by atoms with E-state index in [1.807, 2.05) is 0 Å². The van der Waals surface area contributed by atoms with Gasteiger partial charge in [-0.15, -0.1) is 0 Å². The number of hydrogen-bond donors (Lipinski definition) is 2. The Labute approximate surface area is 104 Å². The number of rotatable bonds is 6. The highest BCUT2D eigenvalue weighted by molar-refractivity contribution is 9.10. The molecule has 0 bridgehead atoms. The van der Waals surface area contributed by atoms with Crippen LogP contribution in [0.4, 0.5) is 0 Å². The van der Waals surface area contributed by atoms with Crippen molar-refractivity contribution in [3.8, 4) is 0 Å². The first kappa shape index (κ1) is 13.3. The van der Waals surface area contributed by atoms with Crippen LogP contribution in [0.5, 0.6) is 0 Å². The second kappa shape index (κ2) is 6.70. The van der Waals surface area contributed by atoms with Gasteiger partial charge in [0, 0.05) is 30.9 Å². The third kappa shape index (κ3) is 3.98. The summed E-state index contributed by atoms with van der Waals surface area (Å²) in [6.07, 6.45) is 4.41. The summed E-state index contributed by atoms with van der Waals surface area (Å²) in [5.41, 5.74) is 0.594. The number of carbonyl (C=O) groups is 1. The van der Waals surface area contributed by atoms with Crippen LogP contribution in [-0.4, -0.2) is 41.1 Å². The zero-order valence-electron chi connectivity index (χ0n) is 9.37. The molecule has 1 rings (SSSR count). The standard InChI is InChI=1S/C11H17BrN2O2/c1-14(5-3-2-4-6-15)11(16)10-7-9(12)8-13-10/h7-8,13,15H,2-6H2,1H3. The summed E-state index contributed by atoms with van der Waals surface area (Å²) in [5.74, 6) is -0.00491. The quantitative estimate of drug-likeness (QED) is 0.787. The fraction of sp³-hybridized carbons (Fsp3) is 0.545. The lowest BCUT2D eigenvalue weighted by Gasteiger charge is -2.15. The first-order chi connectivity index (χ1) is 7.65. The molecule has 0 aliphatic rings. The smallest absolute Gasteiger partial charge is 0.270 e. The SMILES string of the molecule is CN(CCCCCO)C(=O)c1cc(Br)c[nH]1. The lowest BCUT2D eigenvalue weighted by molar-refractivity contribution is 0.0787. The van der Waals surface area contributed by atoms with Gasteiger partial charge in [-0.3, -0.25) is 4.79 Å². The fourth-order valence-corrected chi connectivity index (χ4v) is 1.78. The second-order valence-electron chi connectivity index (χ2n) is 3.74. The molecule has 1 heterocycles. The zero-order valence-corrected chi connectivity index (χ0v) is 11.0. The summed E-state index contributed by atoms with van der Waals surface area (Å²) in [7, 11) is 1.79. The largest absolute Gasteiger partial charge is 0.396 e. The molecule has 0 atom stereocenters. The van der Waals surface area contributed by atoms with E-state index in [-0.39, 0.29) is 12.5 Å². The van der Waals surface area contributed by atoms with Crippen molar-refractivity contribution >= 4 is 21.8 Å². The molecular formula is C11H17BrN2O2.